The van der Waals surface area contributed by atoms with Gasteiger partial charge in [-0.25, -0.2) is 0 Å². The number of amides is 2. The number of nitrogens with zero attached hydrogens (tertiary/aromatic N) is 1. The van der Waals surface area contributed by atoms with Crippen LogP contribution in [0.1, 0.15) is 36.5 Å². The Bertz CT molecular complexity index is 778. The number of fused-ring (bicyclic) bond motifs is 1. The zero-order valence-electron chi connectivity index (χ0n) is 14.5. The molecule has 1 aliphatic heterocycles. The van der Waals surface area contributed by atoms with E-state index in [1.807, 2.05) is 31.7 Å². The molecule has 0 bridgehead atoms. The number of benzene rings is 1. The highest BCUT2D eigenvalue weighted by Crippen LogP contribution is 2.26. The van der Waals surface area contributed by atoms with Gasteiger partial charge < -0.3 is 14.6 Å². The molecule has 0 radical (unpaired) electrons. The van der Waals surface area contributed by atoms with Crippen molar-refractivity contribution in [3.05, 3.63) is 35.1 Å². The Balaban J connectivity index is 1.67. The topological polar surface area (TPSA) is 62.6 Å². The summed E-state index contributed by atoms with van der Waals surface area (Å²) < 4.78 is 5.61. The third kappa shape index (κ3) is 3.30. The summed E-state index contributed by atoms with van der Waals surface area (Å²) in [5.74, 6) is 0.0658. The van der Waals surface area contributed by atoms with E-state index in [9.17, 15) is 9.59 Å². The number of carbonyl (C=O) groups excluding carboxylic acids is 2. The van der Waals surface area contributed by atoms with Gasteiger partial charge in [0.15, 0.2) is 0 Å². The highest BCUT2D eigenvalue weighted by Gasteiger charge is 2.30. The zero-order chi connectivity index (χ0) is 17.3. The van der Waals surface area contributed by atoms with Crippen LogP contribution in [0.2, 0.25) is 0 Å². The Morgan fingerprint density at radius 1 is 1.38 bits per heavy atom. The smallest absolute Gasteiger partial charge is 0.224 e. The average molecular weight is 328 g/mol. The van der Waals surface area contributed by atoms with Gasteiger partial charge in [-0.1, -0.05) is 13.0 Å². The fourth-order valence-electron chi connectivity index (χ4n) is 3.56. The largest absolute Gasteiger partial charge is 0.464 e. The molecule has 2 aromatic rings. The van der Waals surface area contributed by atoms with Crippen LogP contribution in [0.25, 0.3) is 11.0 Å². The Labute approximate surface area is 142 Å². The molecule has 1 N–H and O–H groups in total. The molecule has 1 atom stereocenters. The predicted molar refractivity (Wildman–Crippen MR) is 92.8 cm³/mol. The fourth-order valence-corrected chi connectivity index (χ4v) is 3.56. The van der Waals surface area contributed by atoms with Crippen LogP contribution in [-0.4, -0.2) is 35.8 Å². The first-order valence-corrected chi connectivity index (χ1v) is 8.52. The lowest BCUT2D eigenvalue weighted by Crippen LogP contribution is -2.38. The SMILES string of the molecule is CCCN1CC(NC(=O)Cc2coc3cc(C)cc(C)c23)CC1=O. The minimum Gasteiger partial charge on any atom is -0.464 e. The van der Waals surface area contributed by atoms with E-state index in [-0.39, 0.29) is 24.3 Å². The molecule has 1 fully saturated rings. The Kier molecular flexibility index (Phi) is 4.60. The minimum absolute atomic E-state index is 0.0613. The first-order chi connectivity index (χ1) is 11.5. The van der Waals surface area contributed by atoms with Crippen LogP contribution in [0.3, 0.4) is 0 Å². The maximum Gasteiger partial charge on any atom is 0.224 e. The van der Waals surface area contributed by atoms with Crippen LogP contribution in [0, 0.1) is 13.8 Å². The van der Waals surface area contributed by atoms with Crippen molar-refractivity contribution in [2.75, 3.05) is 13.1 Å². The van der Waals surface area contributed by atoms with Crippen LogP contribution in [-0.2, 0) is 16.0 Å². The van der Waals surface area contributed by atoms with Crippen molar-refractivity contribution in [1.82, 2.24) is 10.2 Å². The fraction of sp³-hybridized carbons (Fsp3) is 0.474. The zero-order valence-corrected chi connectivity index (χ0v) is 14.5. The summed E-state index contributed by atoms with van der Waals surface area (Å²) in [5, 5.41) is 4.01. The van der Waals surface area contributed by atoms with Crippen LogP contribution in [0.15, 0.2) is 22.8 Å². The Morgan fingerprint density at radius 2 is 2.17 bits per heavy atom. The summed E-state index contributed by atoms with van der Waals surface area (Å²) in [4.78, 5) is 26.1. The minimum atomic E-state index is -0.0851. The van der Waals surface area contributed by atoms with Gasteiger partial charge in [-0.15, -0.1) is 0 Å². The quantitative estimate of drug-likeness (QED) is 0.918. The van der Waals surface area contributed by atoms with Gasteiger partial charge in [0.2, 0.25) is 11.8 Å². The van der Waals surface area contributed by atoms with Crippen LogP contribution >= 0.6 is 0 Å². The van der Waals surface area contributed by atoms with E-state index >= 15 is 0 Å². The van der Waals surface area contributed by atoms with Gasteiger partial charge in [0.1, 0.15) is 5.58 Å². The Hall–Kier alpha value is -2.30. The predicted octanol–water partition coefficient (Wildman–Crippen LogP) is 2.72. The van der Waals surface area contributed by atoms with Crippen molar-refractivity contribution in [2.24, 2.45) is 0 Å². The molecule has 0 aliphatic carbocycles. The second-order valence-corrected chi connectivity index (χ2v) is 6.70. The second kappa shape index (κ2) is 6.67. The van der Waals surface area contributed by atoms with Crippen molar-refractivity contribution >= 4 is 22.8 Å². The average Bonchev–Trinajstić information content (AvgIpc) is 3.03. The lowest BCUT2D eigenvalue weighted by atomic mass is 10.0. The first kappa shape index (κ1) is 16.6. The third-order valence-corrected chi connectivity index (χ3v) is 4.52. The molecule has 2 amide bonds. The Morgan fingerprint density at radius 3 is 2.92 bits per heavy atom. The van der Waals surface area contributed by atoms with Gasteiger partial charge in [-0.3, -0.25) is 9.59 Å². The molecule has 0 spiro atoms. The molecule has 5 nitrogen and oxygen atoms in total. The van der Waals surface area contributed by atoms with Gasteiger partial charge in [0.25, 0.3) is 0 Å². The lowest BCUT2D eigenvalue weighted by molar-refractivity contribution is -0.127. The molecule has 1 aromatic heterocycles. The number of likely N-dealkylation sites (tertiary alicyclic amines) is 1. The molecule has 5 heteroatoms. The number of carbonyl (C=O) groups is 2. The first-order valence-electron chi connectivity index (χ1n) is 8.52. The summed E-state index contributed by atoms with van der Waals surface area (Å²) in [6.07, 6.45) is 3.28. The van der Waals surface area contributed by atoms with Crippen LogP contribution in [0.5, 0.6) is 0 Å². The summed E-state index contributed by atoms with van der Waals surface area (Å²) in [6, 6.07) is 4.00. The lowest BCUT2D eigenvalue weighted by Gasteiger charge is -2.16. The van der Waals surface area contributed by atoms with Crippen molar-refractivity contribution in [1.29, 1.82) is 0 Å². The van der Waals surface area contributed by atoms with E-state index in [0.29, 0.717) is 13.0 Å². The molecule has 1 aliphatic rings. The summed E-state index contributed by atoms with van der Waals surface area (Å²) in [5.41, 5.74) is 3.98. The summed E-state index contributed by atoms with van der Waals surface area (Å²) >= 11 is 0. The molecule has 3 rings (SSSR count). The summed E-state index contributed by atoms with van der Waals surface area (Å²) in [6.45, 7) is 7.48. The molecule has 0 saturated carbocycles. The number of furan rings is 1. The molecular formula is C19H24N2O3. The maximum atomic E-state index is 12.4. The van der Waals surface area contributed by atoms with Crippen LogP contribution in [0.4, 0.5) is 0 Å². The number of hydrogen-bond acceptors (Lipinski definition) is 3. The number of aryl methyl sites for hydroxylation is 2. The molecule has 1 unspecified atom stereocenters. The van der Waals surface area contributed by atoms with Gasteiger partial charge >= 0.3 is 0 Å². The summed E-state index contributed by atoms with van der Waals surface area (Å²) in [7, 11) is 0. The van der Waals surface area contributed by atoms with E-state index in [1.54, 1.807) is 6.26 Å². The van der Waals surface area contributed by atoms with E-state index in [4.69, 9.17) is 4.42 Å². The molecule has 1 saturated heterocycles. The van der Waals surface area contributed by atoms with E-state index in [2.05, 4.69) is 11.4 Å². The molecule has 2 heterocycles. The molecular weight excluding hydrogens is 304 g/mol. The van der Waals surface area contributed by atoms with Crippen molar-refractivity contribution in [2.45, 2.75) is 46.1 Å². The van der Waals surface area contributed by atoms with E-state index in [0.717, 1.165) is 40.6 Å². The maximum absolute atomic E-state index is 12.4. The third-order valence-electron chi connectivity index (χ3n) is 4.52. The number of rotatable bonds is 5. The van der Waals surface area contributed by atoms with Gasteiger partial charge in [0, 0.05) is 30.5 Å². The second-order valence-electron chi connectivity index (χ2n) is 6.70. The van der Waals surface area contributed by atoms with E-state index < -0.39 is 0 Å². The van der Waals surface area contributed by atoms with Crippen molar-refractivity contribution in [3.63, 3.8) is 0 Å². The number of nitrogens with one attached hydrogen (secondary N) is 1. The standard InChI is InChI=1S/C19H24N2O3/c1-4-5-21-10-15(9-18(21)23)20-17(22)8-14-11-24-16-7-12(2)6-13(3)19(14)16/h6-7,11,15H,4-5,8-10H2,1-3H3,(H,20,22). The molecule has 1 aromatic carbocycles. The van der Waals surface area contributed by atoms with Gasteiger partial charge in [-0.05, 0) is 37.5 Å². The van der Waals surface area contributed by atoms with Crippen molar-refractivity contribution in [3.8, 4) is 0 Å². The molecule has 24 heavy (non-hydrogen) atoms. The number of hydrogen-bond donors (Lipinski definition) is 1. The van der Waals surface area contributed by atoms with E-state index in [1.165, 1.54) is 0 Å². The van der Waals surface area contributed by atoms with Crippen molar-refractivity contribution < 1.29 is 14.0 Å². The van der Waals surface area contributed by atoms with Gasteiger partial charge in [-0.2, -0.15) is 0 Å². The normalized spacial score (nSPS) is 17.7. The monoisotopic (exact) mass is 328 g/mol. The highest BCUT2D eigenvalue weighted by molar-refractivity contribution is 5.90. The van der Waals surface area contributed by atoms with Crippen LogP contribution < -0.4 is 5.32 Å². The van der Waals surface area contributed by atoms with Gasteiger partial charge in [0.05, 0.1) is 18.7 Å². The highest BCUT2D eigenvalue weighted by atomic mass is 16.3. The molecule has 128 valence electrons.